The molecule has 5 heteroatoms. The van der Waals surface area contributed by atoms with Gasteiger partial charge in [0, 0.05) is 19.7 Å². The van der Waals surface area contributed by atoms with Gasteiger partial charge in [-0.1, -0.05) is 19.8 Å². The van der Waals surface area contributed by atoms with Crippen molar-refractivity contribution in [2.24, 2.45) is 16.1 Å². The summed E-state index contributed by atoms with van der Waals surface area (Å²) < 4.78 is 5.03. The highest BCUT2D eigenvalue weighted by Gasteiger charge is 2.28. The summed E-state index contributed by atoms with van der Waals surface area (Å²) in [7, 11) is 1.69. The number of ether oxygens (including phenoxy) is 1. The number of rotatable bonds is 5. The number of hydrogen-bond acceptors (Lipinski definition) is 2. The second kappa shape index (κ2) is 8.13. The van der Waals surface area contributed by atoms with Crippen LogP contribution in [-0.2, 0) is 4.74 Å². The standard InChI is InChI=1S/C12H25N3O.HI/c1-10(8-16-3)15-11(13)14-9-12(2)6-4-5-7-12;/h10H,4-9H2,1-3H3,(H3,13,14,15);1H. The van der Waals surface area contributed by atoms with Crippen molar-refractivity contribution >= 4 is 29.9 Å². The molecule has 0 aliphatic heterocycles. The second-order valence-electron chi connectivity index (χ2n) is 5.22. The van der Waals surface area contributed by atoms with Gasteiger partial charge in [0.1, 0.15) is 0 Å². The van der Waals surface area contributed by atoms with Crippen LogP contribution in [0.1, 0.15) is 39.5 Å². The third kappa shape index (κ3) is 6.45. The van der Waals surface area contributed by atoms with Crippen LogP contribution in [-0.4, -0.2) is 32.3 Å². The Balaban J connectivity index is 0.00000256. The van der Waals surface area contributed by atoms with E-state index in [-0.39, 0.29) is 30.0 Å². The average Bonchev–Trinajstić information content (AvgIpc) is 2.63. The minimum Gasteiger partial charge on any atom is -0.383 e. The second-order valence-corrected chi connectivity index (χ2v) is 5.22. The number of aliphatic imine (C=N–C) groups is 1. The van der Waals surface area contributed by atoms with Crippen molar-refractivity contribution in [2.45, 2.75) is 45.6 Å². The van der Waals surface area contributed by atoms with Crippen LogP contribution in [0.4, 0.5) is 0 Å². The summed E-state index contributed by atoms with van der Waals surface area (Å²) in [6.45, 7) is 5.82. The van der Waals surface area contributed by atoms with Crippen molar-refractivity contribution in [1.82, 2.24) is 5.32 Å². The molecular formula is C12H26IN3O. The van der Waals surface area contributed by atoms with Crippen molar-refractivity contribution in [3.8, 4) is 0 Å². The van der Waals surface area contributed by atoms with E-state index in [1.165, 1.54) is 25.7 Å². The lowest BCUT2D eigenvalue weighted by Crippen LogP contribution is -2.41. The predicted octanol–water partition coefficient (Wildman–Crippen LogP) is 2.12. The minimum atomic E-state index is 0. The molecule has 0 bridgehead atoms. The Bertz CT molecular complexity index is 240. The van der Waals surface area contributed by atoms with Gasteiger partial charge in [-0.15, -0.1) is 24.0 Å². The van der Waals surface area contributed by atoms with Crippen molar-refractivity contribution in [3.63, 3.8) is 0 Å². The molecule has 1 aliphatic rings. The van der Waals surface area contributed by atoms with Crippen LogP contribution < -0.4 is 11.1 Å². The van der Waals surface area contributed by atoms with Gasteiger partial charge >= 0.3 is 0 Å². The first-order valence-electron chi connectivity index (χ1n) is 6.11. The lowest BCUT2D eigenvalue weighted by atomic mass is 9.89. The molecule has 102 valence electrons. The zero-order valence-corrected chi connectivity index (χ0v) is 13.5. The fourth-order valence-electron chi connectivity index (χ4n) is 2.25. The Morgan fingerprint density at radius 2 is 2.06 bits per heavy atom. The van der Waals surface area contributed by atoms with Crippen LogP contribution in [0, 0.1) is 5.41 Å². The van der Waals surface area contributed by atoms with Crippen LogP contribution in [0.5, 0.6) is 0 Å². The van der Waals surface area contributed by atoms with E-state index in [0.29, 0.717) is 18.0 Å². The average molecular weight is 355 g/mol. The van der Waals surface area contributed by atoms with E-state index in [4.69, 9.17) is 10.5 Å². The molecular weight excluding hydrogens is 329 g/mol. The Morgan fingerprint density at radius 3 is 2.59 bits per heavy atom. The van der Waals surface area contributed by atoms with Gasteiger partial charge < -0.3 is 15.8 Å². The van der Waals surface area contributed by atoms with Gasteiger partial charge in [-0.25, -0.2) is 0 Å². The Hall–Kier alpha value is -0.0400. The highest BCUT2D eigenvalue weighted by atomic mass is 127. The maximum Gasteiger partial charge on any atom is 0.188 e. The van der Waals surface area contributed by atoms with Crippen molar-refractivity contribution in [1.29, 1.82) is 0 Å². The summed E-state index contributed by atoms with van der Waals surface area (Å²) in [5.41, 5.74) is 6.20. The molecule has 1 saturated carbocycles. The molecule has 17 heavy (non-hydrogen) atoms. The smallest absolute Gasteiger partial charge is 0.188 e. The van der Waals surface area contributed by atoms with Gasteiger partial charge in [0.05, 0.1) is 6.61 Å². The third-order valence-corrected chi connectivity index (χ3v) is 3.25. The molecule has 0 radical (unpaired) electrons. The topological polar surface area (TPSA) is 59.6 Å². The molecule has 1 fully saturated rings. The zero-order valence-electron chi connectivity index (χ0n) is 11.2. The van der Waals surface area contributed by atoms with E-state index in [1.807, 2.05) is 6.92 Å². The minimum absolute atomic E-state index is 0. The summed E-state index contributed by atoms with van der Waals surface area (Å²) >= 11 is 0. The highest BCUT2D eigenvalue weighted by molar-refractivity contribution is 14.0. The molecule has 0 saturated heterocycles. The third-order valence-electron chi connectivity index (χ3n) is 3.25. The highest BCUT2D eigenvalue weighted by Crippen LogP contribution is 2.37. The molecule has 0 aromatic carbocycles. The number of nitrogens with two attached hydrogens (primary N) is 1. The Kier molecular flexibility index (Phi) is 8.11. The van der Waals surface area contributed by atoms with Gasteiger partial charge in [0.15, 0.2) is 5.96 Å². The monoisotopic (exact) mass is 355 g/mol. The molecule has 1 rings (SSSR count). The van der Waals surface area contributed by atoms with E-state index in [1.54, 1.807) is 7.11 Å². The van der Waals surface area contributed by atoms with Gasteiger partial charge in [0.25, 0.3) is 0 Å². The summed E-state index contributed by atoms with van der Waals surface area (Å²) in [6, 6.07) is 0.213. The van der Waals surface area contributed by atoms with Crippen LogP contribution in [0.3, 0.4) is 0 Å². The lowest BCUT2D eigenvalue weighted by molar-refractivity contribution is 0.179. The summed E-state index contributed by atoms with van der Waals surface area (Å²) in [6.07, 6.45) is 5.22. The molecule has 1 atom stereocenters. The van der Waals surface area contributed by atoms with E-state index in [0.717, 1.165) is 6.54 Å². The molecule has 1 aliphatic carbocycles. The van der Waals surface area contributed by atoms with Crippen LogP contribution >= 0.6 is 24.0 Å². The predicted molar refractivity (Wildman–Crippen MR) is 83.0 cm³/mol. The van der Waals surface area contributed by atoms with E-state index < -0.39 is 0 Å². The number of hydrogen-bond donors (Lipinski definition) is 2. The Morgan fingerprint density at radius 1 is 1.47 bits per heavy atom. The van der Waals surface area contributed by atoms with E-state index >= 15 is 0 Å². The molecule has 1 unspecified atom stereocenters. The summed E-state index contributed by atoms with van der Waals surface area (Å²) in [5.74, 6) is 0.540. The number of halogens is 1. The van der Waals surface area contributed by atoms with Crippen molar-refractivity contribution < 1.29 is 4.74 Å². The maximum atomic E-state index is 5.83. The van der Waals surface area contributed by atoms with Crippen molar-refractivity contribution in [2.75, 3.05) is 20.3 Å². The first-order valence-corrected chi connectivity index (χ1v) is 6.11. The maximum absolute atomic E-state index is 5.83. The van der Waals surface area contributed by atoms with Gasteiger partial charge in [-0.3, -0.25) is 4.99 Å². The fourth-order valence-corrected chi connectivity index (χ4v) is 2.25. The van der Waals surface area contributed by atoms with Gasteiger partial charge in [-0.2, -0.15) is 0 Å². The number of methoxy groups -OCH3 is 1. The first kappa shape index (κ1) is 17.0. The largest absolute Gasteiger partial charge is 0.383 e. The number of nitrogens with zero attached hydrogens (tertiary/aromatic N) is 1. The van der Waals surface area contributed by atoms with E-state index in [9.17, 15) is 0 Å². The molecule has 0 heterocycles. The quantitative estimate of drug-likeness (QED) is 0.451. The van der Waals surface area contributed by atoms with Crippen LogP contribution in [0.15, 0.2) is 4.99 Å². The number of nitrogens with one attached hydrogen (secondary N) is 1. The van der Waals surface area contributed by atoms with Crippen molar-refractivity contribution in [3.05, 3.63) is 0 Å². The molecule has 4 nitrogen and oxygen atoms in total. The summed E-state index contributed by atoms with van der Waals surface area (Å²) in [5, 5.41) is 3.12. The van der Waals surface area contributed by atoms with Crippen LogP contribution in [0.2, 0.25) is 0 Å². The molecule has 0 spiro atoms. The van der Waals surface area contributed by atoms with Crippen LogP contribution in [0.25, 0.3) is 0 Å². The molecule has 0 aromatic heterocycles. The SMILES string of the molecule is COCC(C)NC(N)=NCC1(C)CCCC1.I. The first-order chi connectivity index (χ1) is 7.56. The van der Waals surface area contributed by atoms with Gasteiger partial charge in [-0.05, 0) is 25.2 Å². The Labute approximate surface area is 122 Å². The fraction of sp³-hybridized carbons (Fsp3) is 0.917. The normalized spacial score (nSPS) is 20.8. The zero-order chi connectivity index (χ0) is 12.0. The molecule has 0 amide bonds. The molecule has 3 N–H and O–H groups in total. The number of guanidine groups is 1. The lowest BCUT2D eigenvalue weighted by Gasteiger charge is -2.21. The van der Waals surface area contributed by atoms with E-state index in [2.05, 4.69) is 17.2 Å². The van der Waals surface area contributed by atoms with Gasteiger partial charge in [0.2, 0.25) is 0 Å². The summed E-state index contributed by atoms with van der Waals surface area (Å²) in [4.78, 5) is 4.43. The molecule has 0 aromatic rings.